The first-order valence-corrected chi connectivity index (χ1v) is 6.41. The van der Waals surface area contributed by atoms with Gasteiger partial charge in [-0.25, -0.2) is 0 Å². The Morgan fingerprint density at radius 2 is 2.06 bits per heavy atom. The van der Waals surface area contributed by atoms with Crippen molar-refractivity contribution in [2.45, 2.75) is 18.9 Å². The van der Waals surface area contributed by atoms with Gasteiger partial charge in [0.1, 0.15) is 11.8 Å². The third-order valence-electron chi connectivity index (χ3n) is 3.01. The van der Waals surface area contributed by atoms with Crippen molar-refractivity contribution in [3.05, 3.63) is 34.3 Å². The molecule has 4 heteroatoms. The Morgan fingerprint density at radius 1 is 1.35 bits per heavy atom. The van der Waals surface area contributed by atoms with Gasteiger partial charge in [-0.05, 0) is 17.7 Å². The molecule has 3 nitrogen and oxygen atoms in total. The highest BCUT2D eigenvalue weighted by molar-refractivity contribution is 9.10. The maximum Gasteiger partial charge on any atom is 0.135 e. The number of nitriles is 1. The lowest BCUT2D eigenvalue weighted by Gasteiger charge is -2.30. The molecule has 1 aromatic carbocycles. The number of benzene rings is 1. The van der Waals surface area contributed by atoms with Crippen LogP contribution in [0.25, 0.3) is 0 Å². The number of likely N-dealkylation sites (tertiary alicyclic amines) is 1. The van der Waals surface area contributed by atoms with Gasteiger partial charge in [-0.3, -0.25) is 9.69 Å². The summed E-state index contributed by atoms with van der Waals surface area (Å²) in [6, 6.07) is 9.86. The largest absolute Gasteiger partial charge is 0.300 e. The Balaban J connectivity index is 2.17. The maximum absolute atomic E-state index is 11.2. The van der Waals surface area contributed by atoms with Crippen molar-refractivity contribution in [2.24, 2.45) is 0 Å². The van der Waals surface area contributed by atoms with Crippen LogP contribution in [0.5, 0.6) is 0 Å². The molecule has 1 aromatic rings. The zero-order valence-corrected chi connectivity index (χ0v) is 11.0. The van der Waals surface area contributed by atoms with E-state index in [9.17, 15) is 10.1 Å². The van der Waals surface area contributed by atoms with Gasteiger partial charge in [-0.2, -0.15) is 5.26 Å². The normalized spacial score (nSPS) is 18.7. The van der Waals surface area contributed by atoms with Crippen LogP contribution in [-0.2, 0) is 4.79 Å². The molecule has 17 heavy (non-hydrogen) atoms. The Hall–Kier alpha value is -1.18. The summed E-state index contributed by atoms with van der Waals surface area (Å²) < 4.78 is 0.975. The number of rotatable bonds is 2. The van der Waals surface area contributed by atoms with Crippen LogP contribution in [0.2, 0.25) is 0 Å². The van der Waals surface area contributed by atoms with Crippen LogP contribution in [0.15, 0.2) is 28.7 Å². The first kappa shape index (κ1) is 12.3. The molecule has 0 spiro atoms. The van der Waals surface area contributed by atoms with E-state index in [-0.39, 0.29) is 6.04 Å². The van der Waals surface area contributed by atoms with Crippen molar-refractivity contribution in [1.82, 2.24) is 4.90 Å². The molecule has 0 amide bonds. The molecule has 1 aliphatic rings. The zero-order chi connectivity index (χ0) is 12.3. The van der Waals surface area contributed by atoms with Gasteiger partial charge >= 0.3 is 0 Å². The van der Waals surface area contributed by atoms with Crippen molar-refractivity contribution in [3.8, 4) is 6.07 Å². The van der Waals surface area contributed by atoms with Crippen LogP contribution in [0.4, 0.5) is 0 Å². The van der Waals surface area contributed by atoms with Gasteiger partial charge < -0.3 is 0 Å². The van der Waals surface area contributed by atoms with E-state index >= 15 is 0 Å². The third-order valence-corrected chi connectivity index (χ3v) is 3.50. The number of hydrogen-bond donors (Lipinski definition) is 0. The summed E-state index contributed by atoms with van der Waals surface area (Å²) in [5, 5.41) is 9.30. The fraction of sp³-hybridized carbons (Fsp3) is 0.385. The van der Waals surface area contributed by atoms with Gasteiger partial charge in [0.2, 0.25) is 0 Å². The molecule has 0 aliphatic carbocycles. The number of carbonyl (C=O) groups is 1. The minimum absolute atomic E-state index is 0.249. The summed E-state index contributed by atoms with van der Waals surface area (Å²) in [5.74, 6) is 0.298. The molecule has 0 aromatic heterocycles. The molecular formula is C13H13BrN2O. The van der Waals surface area contributed by atoms with Crippen LogP contribution in [0.3, 0.4) is 0 Å². The average Bonchev–Trinajstić information content (AvgIpc) is 2.33. The Bertz CT molecular complexity index is 457. The number of piperidine rings is 1. The second-order valence-corrected chi connectivity index (χ2v) is 5.08. The number of halogens is 1. The minimum atomic E-state index is -0.249. The first-order valence-electron chi connectivity index (χ1n) is 5.61. The Kier molecular flexibility index (Phi) is 3.93. The molecule has 1 heterocycles. The molecule has 1 atom stereocenters. The standard InChI is InChI=1S/C13H13BrN2O/c14-11-3-1-2-10(8-11)13(9-15)16-6-4-12(17)5-7-16/h1-3,8,13H,4-7H2. The highest BCUT2D eigenvalue weighted by Gasteiger charge is 2.24. The minimum Gasteiger partial charge on any atom is -0.300 e. The van der Waals surface area contributed by atoms with Crippen molar-refractivity contribution >= 4 is 21.7 Å². The maximum atomic E-state index is 11.2. The van der Waals surface area contributed by atoms with Gasteiger partial charge in [0.15, 0.2) is 0 Å². The van der Waals surface area contributed by atoms with Crippen molar-refractivity contribution in [2.75, 3.05) is 13.1 Å². The van der Waals surface area contributed by atoms with E-state index in [0.717, 1.165) is 10.0 Å². The van der Waals surface area contributed by atoms with Crippen LogP contribution < -0.4 is 0 Å². The Labute approximate surface area is 109 Å². The summed E-state index contributed by atoms with van der Waals surface area (Å²) in [4.78, 5) is 13.3. The second kappa shape index (κ2) is 5.44. The average molecular weight is 293 g/mol. The van der Waals surface area contributed by atoms with Crippen molar-refractivity contribution in [1.29, 1.82) is 5.26 Å². The molecule has 1 fully saturated rings. The first-order chi connectivity index (χ1) is 8.20. The highest BCUT2D eigenvalue weighted by atomic mass is 79.9. The molecule has 1 unspecified atom stereocenters. The summed E-state index contributed by atoms with van der Waals surface area (Å²) in [7, 11) is 0. The SMILES string of the molecule is N#CC(c1cccc(Br)c1)N1CCC(=O)CC1. The predicted octanol–water partition coefficient (Wildman–Crippen LogP) is 2.68. The third kappa shape index (κ3) is 2.93. The van der Waals surface area contributed by atoms with Gasteiger partial charge in [0.05, 0.1) is 6.07 Å². The van der Waals surface area contributed by atoms with E-state index in [1.165, 1.54) is 0 Å². The number of nitrogens with zero attached hydrogens (tertiary/aromatic N) is 2. The van der Waals surface area contributed by atoms with Gasteiger partial charge in [-0.1, -0.05) is 28.1 Å². The fourth-order valence-corrected chi connectivity index (χ4v) is 2.49. The van der Waals surface area contributed by atoms with Crippen LogP contribution >= 0.6 is 15.9 Å². The monoisotopic (exact) mass is 292 g/mol. The van der Waals surface area contributed by atoms with Crippen LogP contribution in [0, 0.1) is 11.3 Å². The molecule has 1 saturated heterocycles. The van der Waals surface area contributed by atoms with Crippen LogP contribution in [0.1, 0.15) is 24.4 Å². The lowest BCUT2D eigenvalue weighted by molar-refractivity contribution is -0.121. The number of ketones is 1. The summed E-state index contributed by atoms with van der Waals surface area (Å²) in [5.41, 5.74) is 0.983. The van der Waals surface area contributed by atoms with E-state index in [2.05, 4.69) is 26.9 Å². The molecule has 88 valence electrons. The number of carbonyl (C=O) groups excluding carboxylic acids is 1. The number of hydrogen-bond acceptors (Lipinski definition) is 3. The molecule has 0 N–H and O–H groups in total. The quantitative estimate of drug-likeness (QED) is 0.842. The van der Waals surface area contributed by atoms with Gasteiger partial charge in [-0.15, -0.1) is 0 Å². The van der Waals surface area contributed by atoms with Gasteiger partial charge in [0.25, 0.3) is 0 Å². The lowest BCUT2D eigenvalue weighted by atomic mass is 10.0. The summed E-state index contributed by atoms with van der Waals surface area (Å²) >= 11 is 3.41. The van der Waals surface area contributed by atoms with E-state index in [0.29, 0.717) is 31.7 Å². The van der Waals surface area contributed by atoms with Crippen molar-refractivity contribution < 1.29 is 4.79 Å². The number of Topliss-reactive ketones (excluding diaryl/α,β-unsaturated/α-hetero) is 1. The zero-order valence-electron chi connectivity index (χ0n) is 9.40. The Morgan fingerprint density at radius 3 is 2.65 bits per heavy atom. The van der Waals surface area contributed by atoms with E-state index in [1.54, 1.807) is 0 Å². The topological polar surface area (TPSA) is 44.1 Å². The van der Waals surface area contributed by atoms with Crippen molar-refractivity contribution in [3.63, 3.8) is 0 Å². The van der Waals surface area contributed by atoms with Gasteiger partial charge in [0, 0.05) is 30.4 Å². The second-order valence-electron chi connectivity index (χ2n) is 4.16. The molecule has 0 saturated carbocycles. The van der Waals surface area contributed by atoms with Crippen LogP contribution in [-0.4, -0.2) is 23.8 Å². The fourth-order valence-electron chi connectivity index (χ4n) is 2.08. The van der Waals surface area contributed by atoms with E-state index in [4.69, 9.17) is 0 Å². The molecular weight excluding hydrogens is 280 g/mol. The highest BCUT2D eigenvalue weighted by Crippen LogP contribution is 2.25. The lowest BCUT2D eigenvalue weighted by Crippen LogP contribution is -2.36. The van der Waals surface area contributed by atoms with E-state index in [1.807, 2.05) is 24.3 Å². The smallest absolute Gasteiger partial charge is 0.135 e. The predicted molar refractivity (Wildman–Crippen MR) is 68.3 cm³/mol. The van der Waals surface area contributed by atoms with E-state index < -0.39 is 0 Å². The molecule has 0 radical (unpaired) electrons. The summed E-state index contributed by atoms with van der Waals surface area (Å²) in [6.45, 7) is 1.37. The molecule has 2 rings (SSSR count). The molecule has 1 aliphatic heterocycles. The summed E-state index contributed by atoms with van der Waals surface area (Å²) in [6.07, 6.45) is 1.12. The molecule has 0 bridgehead atoms.